The van der Waals surface area contributed by atoms with Crippen molar-refractivity contribution in [1.82, 2.24) is 5.32 Å². The Balaban J connectivity index is 2.19. The highest BCUT2D eigenvalue weighted by atomic mass is 16.1. The molecular formula is C25H43N2O+. The van der Waals surface area contributed by atoms with E-state index < -0.39 is 0 Å². The smallest absolute Gasteiger partial charge is 0.249 e. The van der Waals surface area contributed by atoms with Gasteiger partial charge in [0.1, 0.15) is 5.70 Å². The second kappa shape index (κ2) is 14.4. The summed E-state index contributed by atoms with van der Waals surface area (Å²) in [4.78, 5) is 12.2. The molecule has 0 saturated heterocycles. The van der Waals surface area contributed by atoms with E-state index in [-0.39, 0.29) is 5.91 Å². The molecule has 0 bridgehead atoms. The minimum Gasteiger partial charge on any atom is -0.348 e. The van der Waals surface area contributed by atoms with Crippen molar-refractivity contribution in [2.45, 2.75) is 84.6 Å². The summed E-state index contributed by atoms with van der Waals surface area (Å²) in [5.74, 6) is -0.00405. The van der Waals surface area contributed by atoms with E-state index in [1.807, 2.05) is 30.3 Å². The van der Waals surface area contributed by atoms with E-state index in [0.717, 1.165) is 22.3 Å². The van der Waals surface area contributed by atoms with E-state index in [1.165, 1.54) is 64.2 Å². The van der Waals surface area contributed by atoms with Gasteiger partial charge in [0.05, 0.1) is 26.7 Å². The summed E-state index contributed by atoms with van der Waals surface area (Å²) in [6.07, 6.45) is 15.3. The average molecular weight is 388 g/mol. The molecule has 3 heteroatoms. The quantitative estimate of drug-likeness (QED) is 0.216. The molecule has 0 heterocycles. The highest BCUT2D eigenvalue weighted by molar-refractivity contribution is 5.87. The Hall–Kier alpha value is -1.61. The number of hydrogen-bond acceptors (Lipinski definition) is 1. The highest BCUT2D eigenvalue weighted by Crippen LogP contribution is 2.15. The van der Waals surface area contributed by atoms with Gasteiger partial charge >= 0.3 is 0 Å². The van der Waals surface area contributed by atoms with Crippen LogP contribution in [0.1, 0.15) is 83.6 Å². The van der Waals surface area contributed by atoms with Crippen LogP contribution in [0.5, 0.6) is 0 Å². The van der Waals surface area contributed by atoms with Crippen LogP contribution < -0.4 is 5.32 Å². The number of amides is 1. The van der Waals surface area contributed by atoms with Gasteiger partial charge in [-0.1, -0.05) is 88.6 Å². The first-order valence-corrected chi connectivity index (χ1v) is 11.3. The minimum atomic E-state index is -0.00405. The first kappa shape index (κ1) is 24.4. The van der Waals surface area contributed by atoms with E-state index in [9.17, 15) is 4.79 Å². The molecule has 158 valence electrons. The topological polar surface area (TPSA) is 29.1 Å². The van der Waals surface area contributed by atoms with Crippen LogP contribution in [0.3, 0.4) is 0 Å². The molecule has 28 heavy (non-hydrogen) atoms. The Morgan fingerprint density at radius 2 is 1.43 bits per heavy atom. The molecule has 0 radical (unpaired) electrons. The van der Waals surface area contributed by atoms with Gasteiger partial charge < -0.3 is 5.32 Å². The zero-order chi connectivity index (χ0) is 20.7. The summed E-state index contributed by atoms with van der Waals surface area (Å²) in [7, 11) is 4.40. The molecule has 1 N–H and O–H groups in total. The number of nitrogens with zero attached hydrogens (tertiary/aromatic N) is 1. The lowest BCUT2D eigenvalue weighted by Crippen LogP contribution is -2.39. The molecule has 3 nitrogen and oxygen atoms in total. The third-order valence-corrected chi connectivity index (χ3v) is 5.68. The number of carbonyl (C=O) groups is 1. The molecule has 1 amide bonds. The van der Waals surface area contributed by atoms with Crippen LogP contribution >= 0.6 is 0 Å². The third kappa shape index (κ3) is 11.3. The fraction of sp³-hybridized carbons (Fsp3) is 0.640. The van der Waals surface area contributed by atoms with Crippen molar-refractivity contribution in [3.63, 3.8) is 0 Å². The molecule has 1 rings (SSSR count). The van der Waals surface area contributed by atoms with Gasteiger partial charge in [-0.3, -0.25) is 9.28 Å². The molecule has 0 spiro atoms. The largest absolute Gasteiger partial charge is 0.348 e. The average Bonchev–Trinajstić information content (AvgIpc) is 2.68. The Morgan fingerprint density at radius 3 is 2.00 bits per heavy atom. The number of quaternary nitrogens is 1. The van der Waals surface area contributed by atoms with Gasteiger partial charge in [0, 0.05) is 13.5 Å². The molecule has 0 atom stereocenters. The van der Waals surface area contributed by atoms with Gasteiger partial charge in [-0.05, 0) is 18.4 Å². The van der Waals surface area contributed by atoms with Crippen LogP contribution in [-0.4, -0.2) is 31.0 Å². The van der Waals surface area contributed by atoms with Crippen molar-refractivity contribution in [2.75, 3.05) is 20.6 Å². The highest BCUT2D eigenvalue weighted by Gasteiger charge is 2.18. The number of unbranched alkanes of at least 4 members (excludes halogenated alkanes) is 9. The Kier molecular flexibility index (Phi) is 12.6. The molecule has 0 aliphatic rings. The molecule has 0 aliphatic carbocycles. The summed E-state index contributed by atoms with van der Waals surface area (Å²) in [6.45, 7) is 6.01. The first-order chi connectivity index (χ1) is 13.5. The van der Waals surface area contributed by atoms with Gasteiger partial charge in [-0.25, -0.2) is 0 Å². The number of benzene rings is 1. The van der Waals surface area contributed by atoms with Crippen molar-refractivity contribution in [1.29, 1.82) is 0 Å². The van der Waals surface area contributed by atoms with E-state index in [1.54, 1.807) is 6.08 Å². The summed E-state index contributed by atoms with van der Waals surface area (Å²) in [6, 6.07) is 10.0. The molecule has 1 aromatic rings. The maximum absolute atomic E-state index is 12.2. The van der Waals surface area contributed by atoms with E-state index in [4.69, 9.17) is 0 Å². The van der Waals surface area contributed by atoms with Crippen LogP contribution in [0.2, 0.25) is 0 Å². The summed E-state index contributed by atoms with van der Waals surface area (Å²) < 4.78 is 0.787. The number of hydrogen-bond donors (Lipinski definition) is 1. The maximum atomic E-state index is 12.2. The van der Waals surface area contributed by atoms with Gasteiger partial charge in [-0.15, -0.1) is 0 Å². The van der Waals surface area contributed by atoms with Crippen LogP contribution in [-0.2, 0) is 11.3 Å². The van der Waals surface area contributed by atoms with Crippen molar-refractivity contribution >= 4 is 5.91 Å². The predicted octanol–water partition coefficient (Wildman–Crippen LogP) is 6.20. The lowest BCUT2D eigenvalue weighted by Gasteiger charge is -2.30. The fourth-order valence-corrected chi connectivity index (χ4v) is 3.37. The SMILES string of the molecule is CCCCCCCCCCCC[N+](C)(C)/C(C)=C/C(=O)NCc1ccccc1. The minimum absolute atomic E-state index is 0.00405. The summed E-state index contributed by atoms with van der Waals surface area (Å²) in [5, 5.41) is 2.99. The fourth-order valence-electron chi connectivity index (χ4n) is 3.37. The Labute approximate surface area is 173 Å². The summed E-state index contributed by atoms with van der Waals surface area (Å²) >= 11 is 0. The van der Waals surface area contributed by atoms with E-state index in [0.29, 0.717) is 6.54 Å². The third-order valence-electron chi connectivity index (χ3n) is 5.68. The first-order valence-electron chi connectivity index (χ1n) is 11.3. The van der Waals surface area contributed by atoms with Crippen LogP contribution in [0.25, 0.3) is 0 Å². The monoisotopic (exact) mass is 387 g/mol. The van der Waals surface area contributed by atoms with Crippen LogP contribution in [0.4, 0.5) is 0 Å². The zero-order valence-corrected chi connectivity index (χ0v) is 18.8. The van der Waals surface area contributed by atoms with Gasteiger partial charge in [0.15, 0.2) is 0 Å². The van der Waals surface area contributed by atoms with Crippen molar-refractivity contribution in [3.05, 3.63) is 47.7 Å². The molecule has 0 aromatic heterocycles. The number of allylic oxidation sites excluding steroid dienone is 1. The standard InChI is InChI=1S/C25H42N2O/c1-5-6-7-8-9-10-11-12-13-17-20-27(3,4)23(2)21-25(28)26-22-24-18-15-14-16-19-24/h14-16,18-19,21H,5-13,17,20,22H2,1-4H3/p+1/b23-21+. The van der Waals surface area contributed by atoms with Gasteiger partial charge in [-0.2, -0.15) is 0 Å². The Morgan fingerprint density at radius 1 is 0.893 bits per heavy atom. The lowest BCUT2D eigenvalue weighted by atomic mass is 10.1. The second-order valence-electron chi connectivity index (χ2n) is 8.58. The van der Waals surface area contributed by atoms with Crippen LogP contribution in [0.15, 0.2) is 42.1 Å². The zero-order valence-electron chi connectivity index (χ0n) is 18.8. The second-order valence-corrected chi connectivity index (χ2v) is 8.58. The molecule has 0 aliphatic heterocycles. The molecule has 0 unspecified atom stereocenters. The summed E-state index contributed by atoms with van der Waals surface area (Å²) in [5.41, 5.74) is 2.24. The normalized spacial score (nSPS) is 12.2. The van der Waals surface area contributed by atoms with Crippen molar-refractivity contribution in [3.8, 4) is 0 Å². The van der Waals surface area contributed by atoms with Crippen molar-refractivity contribution in [2.24, 2.45) is 0 Å². The number of carbonyl (C=O) groups excluding carboxylic acids is 1. The molecule has 0 fully saturated rings. The lowest BCUT2D eigenvalue weighted by molar-refractivity contribution is -0.852. The van der Waals surface area contributed by atoms with E-state index in [2.05, 4.69) is 33.3 Å². The maximum Gasteiger partial charge on any atom is 0.249 e. The number of rotatable bonds is 15. The Bertz CT molecular complexity index is 563. The molecular weight excluding hydrogens is 344 g/mol. The van der Waals surface area contributed by atoms with E-state index >= 15 is 0 Å². The molecule has 0 saturated carbocycles. The molecule has 1 aromatic carbocycles. The van der Waals surface area contributed by atoms with Gasteiger partial charge in [0.2, 0.25) is 5.91 Å². The van der Waals surface area contributed by atoms with Crippen molar-refractivity contribution < 1.29 is 9.28 Å². The number of nitrogens with one attached hydrogen (secondary N) is 1. The van der Waals surface area contributed by atoms with Gasteiger partial charge in [0.25, 0.3) is 0 Å². The van der Waals surface area contributed by atoms with Crippen LogP contribution in [0, 0.1) is 0 Å². The predicted molar refractivity (Wildman–Crippen MR) is 121 cm³/mol.